The molecule has 1 heterocycles. The van der Waals surface area contributed by atoms with Crippen LogP contribution in [0.4, 0.5) is 5.69 Å². The van der Waals surface area contributed by atoms with Crippen molar-refractivity contribution in [3.63, 3.8) is 0 Å². The third kappa shape index (κ3) is 3.24. The van der Waals surface area contributed by atoms with Crippen molar-refractivity contribution in [3.05, 3.63) is 29.8 Å². The molecular weight excluding hydrogens is 324 g/mol. The topological polar surface area (TPSA) is 95.9 Å². The second-order valence-corrected chi connectivity index (χ2v) is 7.05. The maximum absolute atomic E-state index is 12.7. The van der Waals surface area contributed by atoms with Gasteiger partial charge in [-0.05, 0) is 17.5 Å². The molecule has 7 nitrogen and oxygen atoms in total. The molecule has 25 heavy (non-hydrogen) atoms. The van der Waals surface area contributed by atoms with Crippen molar-refractivity contribution in [2.75, 3.05) is 31.6 Å². The minimum absolute atomic E-state index is 0.163. The second kappa shape index (κ2) is 6.48. The predicted octanol–water partition coefficient (Wildman–Crippen LogP) is 1.45. The van der Waals surface area contributed by atoms with Gasteiger partial charge < -0.3 is 20.1 Å². The Labute approximate surface area is 146 Å². The molecule has 3 rings (SSSR count). The number of benzene rings is 1. The van der Waals surface area contributed by atoms with E-state index in [1.54, 1.807) is 43.0 Å². The van der Waals surface area contributed by atoms with Crippen LogP contribution >= 0.6 is 0 Å². The molecule has 1 aliphatic carbocycles. The molecule has 2 fully saturated rings. The van der Waals surface area contributed by atoms with Crippen LogP contribution in [0, 0.1) is 17.3 Å². The Kier molecular flexibility index (Phi) is 4.51. The van der Waals surface area contributed by atoms with E-state index < -0.39 is 23.2 Å². The summed E-state index contributed by atoms with van der Waals surface area (Å²) in [5.41, 5.74) is 0.234. The van der Waals surface area contributed by atoms with Crippen LogP contribution < -0.4 is 5.32 Å². The molecule has 2 aliphatic rings. The lowest BCUT2D eigenvalue weighted by atomic mass is 10.1. The molecule has 2 amide bonds. The first kappa shape index (κ1) is 17.4. The quantitative estimate of drug-likeness (QED) is 0.860. The maximum atomic E-state index is 12.7. The summed E-state index contributed by atoms with van der Waals surface area (Å²) in [5, 5.41) is 12.0. The Morgan fingerprint density at radius 3 is 2.40 bits per heavy atom. The summed E-state index contributed by atoms with van der Waals surface area (Å²) in [6.07, 6.45) is 0. The smallest absolute Gasteiger partial charge is 0.307 e. The summed E-state index contributed by atoms with van der Waals surface area (Å²) < 4.78 is 5.26. The normalized spacial score (nSPS) is 24.5. The van der Waals surface area contributed by atoms with Crippen LogP contribution in [0.25, 0.3) is 0 Å². The molecule has 7 heteroatoms. The highest BCUT2D eigenvalue weighted by molar-refractivity contribution is 6.06. The zero-order valence-corrected chi connectivity index (χ0v) is 14.3. The van der Waals surface area contributed by atoms with Crippen LogP contribution in [-0.2, 0) is 14.3 Å². The fourth-order valence-corrected chi connectivity index (χ4v) is 3.51. The summed E-state index contributed by atoms with van der Waals surface area (Å²) in [6, 6.07) is 6.81. The Morgan fingerprint density at radius 1 is 1.16 bits per heavy atom. The first-order valence-electron chi connectivity index (χ1n) is 8.33. The zero-order chi connectivity index (χ0) is 18.2. The maximum Gasteiger partial charge on any atom is 0.307 e. The number of hydrogen-bond acceptors (Lipinski definition) is 4. The van der Waals surface area contributed by atoms with Crippen molar-refractivity contribution >= 4 is 23.5 Å². The number of carboxylic acids is 1. The summed E-state index contributed by atoms with van der Waals surface area (Å²) in [4.78, 5) is 38.2. The van der Waals surface area contributed by atoms with Gasteiger partial charge in [-0.3, -0.25) is 14.4 Å². The van der Waals surface area contributed by atoms with Gasteiger partial charge in [0.25, 0.3) is 5.91 Å². The van der Waals surface area contributed by atoms with E-state index in [-0.39, 0.29) is 11.8 Å². The Morgan fingerprint density at radius 2 is 1.80 bits per heavy atom. The third-order valence-corrected chi connectivity index (χ3v) is 5.09. The van der Waals surface area contributed by atoms with Crippen molar-refractivity contribution in [1.82, 2.24) is 4.90 Å². The SMILES string of the molecule is CC1(C)[C@H](C(=O)O)[C@H]1C(=O)Nc1ccccc1C(=O)N1CCOCC1. The number of hydrogen-bond donors (Lipinski definition) is 2. The van der Waals surface area contributed by atoms with Gasteiger partial charge in [0.1, 0.15) is 0 Å². The molecule has 1 saturated carbocycles. The van der Waals surface area contributed by atoms with Crippen molar-refractivity contribution < 1.29 is 24.2 Å². The van der Waals surface area contributed by atoms with Gasteiger partial charge in [-0.1, -0.05) is 26.0 Å². The number of amides is 2. The van der Waals surface area contributed by atoms with E-state index in [1.165, 1.54) is 0 Å². The van der Waals surface area contributed by atoms with Gasteiger partial charge in [-0.25, -0.2) is 0 Å². The first-order valence-corrected chi connectivity index (χ1v) is 8.33. The molecule has 1 aromatic carbocycles. The van der Waals surface area contributed by atoms with Crippen LogP contribution in [0.5, 0.6) is 0 Å². The van der Waals surface area contributed by atoms with E-state index >= 15 is 0 Å². The Bertz CT molecular complexity index is 709. The molecule has 1 aromatic rings. The van der Waals surface area contributed by atoms with E-state index in [4.69, 9.17) is 4.74 Å². The predicted molar refractivity (Wildman–Crippen MR) is 90.2 cm³/mol. The van der Waals surface area contributed by atoms with E-state index in [9.17, 15) is 19.5 Å². The standard InChI is InChI=1S/C18H22N2O5/c1-18(2)13(14(18)17(23)24)15(21)19-12-6-4-3-5-11(12)16(22)20-7-9-25-10-8-20/h3-6,13-14H,7-10H2,1-2H3,(H,19,21)(H,23,24)/t13-,14-/m0/s1. The number of morpholine rings is 1. The van der Waals surface area contributed by atoms with Gasteiger partial charge in [0.05, 0.1) is 36.3 Å². The fourth-order valence-electron chi connectivity index (χ4n) is 3.51. The molecule has 1 aliphatic heterocycles. The Hall–Kier alpha value is -2.41. The van der Waals surface area contributed by atoms with Gasteiger partial charge in [-0.2, -0.15) is 0 Å². The second-order valence-electron chi connectivity index (χ2n) is 7.05. The van der Waals surface area contributed by atoms with Crippen molar-refractivity contribution in [2.24, 2.45) is 17.3 Å². The van der Waals surface area contributed by atoms with Gasteiger partial charge in [0.15, 0.2) is 0 Å². The van der Waals surface area contributed by atoms with E-state index in [2.05, 4.69) is 5.32 Å². The average Bonchev–Trinajstić information content (AvgIpc) is 3.18. The van der Waals surface area contributed by atoms with E-state index in [0.717, 1.165) is 0 Å². The molecule has 1 saturated heterocycles. The number of carboxylic acid groups (broad SMARTS) is 1. The molecule has 134 valence electrons. The molecule has 0 aromatic heterocycles. The summed E-state index contributed by atoms with van der Waals surface area (Å²) in [5.74, 6) is -2.79. The number of aliphatic carboxylic acids is 1. The number of nitrogens with zero attached hydrogens (tertiary/aromatic N) is 1. The number of anilines is 1. The molecule has 2 atom stereocenters. The summed E-state index contributed by atoms with van der Waals surface area (Å²) in [6.45, 7) is 5.55. The lowest BCUT2D eigenvalue weighted by Gasteiger charge is -2.27. The number of ether oxygens (including phenoxy) is 1. The summed E-state index contributed by atoms with van der Waals surface area (Å²) >= 11 is 0. The monoisotopic (exact) mass is 346 g/mol. The lowest BCUT2D eigenvalue weighted by molar-refractivity contribution is -0.140. The van der Waals surface area contributed by atoms with Gasteiger partial charge in [0.2, 0.25) is 5.91 Å². The molecule has 0 radical (unpaired) electrons. The number of nitrogens with one attached hydrogen (secondary N) is 1. The van der Waals surface area contributed by atoms with Gasteiger partial charge >= 0.3 is 5.97 Å². The number of para-hydroxylation sites is 1. The minimum Gasteiger partial charge on any atom is -0.481 e. The number of carbonyl (C=O) groups is 3. The van der Waals surface area contributed by atoms with Crippen LogP contribution in [0.15, 0.2) is 24.3 Å². The van der Waals surface area contributed by atoms with Gasteiger partial charge in [-0.15, -0.1) is 0 Å². The zero-order valence-electron chi connectivity index (χ0n) is 14.3. The van der Waals surface area contributed by atoms with Gasteiger partial charge in [0, 0.05) is 13.1 Å². The largest absolute Gasteiger partial charge is 0.481 e. The van der Waals surface area contributed by atoms with Crippen LogP contribution in [0.2, 0.25) is 0 Å². The number of carbonyl (C=O) groups excluding carboxylic acids is 2. The Balaban J connectivity index is 1.76. The molecule has 0 unspecified atom stereocenters. The number of rotatable bonds is 4. The van der Waals surface area contributed by atoms with Crippen molar-refractivity contribution in [1.29, 1.82) is 0 Å². The molecule has 2 N–H and O–H groups in total. The highest BCUT2D eigenvalue weighted by atomic mass is 16.5. The van der Waals surface area contributed by atoms with Crippen LogP contribution in [0.3, 0.4) is 0 Å². The highest BCUT2D eigenvalue weighted by Gasteiger charge is 2.65. The summed E-state index contributed by atoms with van der Waals surface area (Å²) in [7, 11) is 0. The third-order valence-electron chi connectivity index (χ3n) is 5.09. The average molecular weight is 346 g/mol. The van der Waals surface area contributed by atoms with Crippen molar-refractivity contribution in [3.8, 4) is 0 Å². The lowest BCUT2D eigenvalue weighted by Crippen LogP contribution is -2.41. The molecule has 0 bridgehead atoms. The van der Waals surface area contributed by atoms with E-state index in [1.807, 2.05) is 0 Å². The first-order chi connectivity index (χ1) is 11.8. The van der Waals surface area contributed by atoms with Crippen molar-refractivity contribution in [2.45, 2.75) is 13.8 Å². The van der Waals surface area contributed by atoms with E-state index in [0.29, 0.717) is 37.6 Å². The molecule has 0 spiro atoms. The van der Waals surface area contributed by atoms with Crippen LogP contribution in [-0.4, -0.2) is 54.1 Å². The fraction of sp³-hybridized carbons (Fsp3) is 0.500. The molecular formula is C18H22N2O5. The highest BCUT2D eigenvalue weighted by Crippen LogP contribution is 2.58. The van der Waals surface area contributed by atoms with Crippen LogP contribution in [0.1, 0.15) is 24.2 Å². The minimum atomic E-state index is -0.970.